The smallest absolute Gasteiger partial charge is 0.224 e. The van der Waals surface area contributed by atoms with Crippen molar-refractivity contribution >= 4 is 22.9 Å². The molecule has 1 amide bonds. The van der Waals surface area contributed by atoms with E-state index in [1.54, 1.807) is 25.6 Å². The number of benzene rings is 2. The van der Waals surface area contributed by atoms with Gasteiger partial charge in [0.05, 0.1) is 26.7 Å². The van der Waals surface area contributed by atoms with Crippen molar-refractivity contribution in [2.45, 2.75) is 25.4 Å². The average Bonchev–Trinajstić information content (AvgIpc) is 3.39. The van der Waals surface area contributed by atoms with Gasteiger partial charge in [-0.1, -0.05) is 18.2 Å². The third-order valence-corrected chi connectivity index (χ3v) is 7.31. The van der Waals surface area contributed by atoms with Crippen LogP contribution in [0, 0.1) is 0 Å². The zero-order valence-corrected chi connectivity index (χ0v) is 20.9. The first-order chi connectivity index (χ1) is 16.6. The molecule has 2 aromatic carbocycles. The summed E-state index contributed by atoms with van der Waals surface area (Å²) in [6, 6.07) is 20.3. The van der Waals surface area contributed by atoms with E-state index in [0.717, 1.165) is 43.2 Å². The Labute approximate surface area is 206 Å². The molecule has 4 rings (SSSR count). The van der Waals surface area contributed by atoms with Crippen LogP contribution in [0.1, 0.15) is 23.4 Å². The number of carbonyl (C=O) groups is 1. The molecule has 0 bridgehead atoms. The number of hydrogen-bond acceptors (Lipinski definition) is 6. The van der Waals surface area contributed by atoms with E-state index in [9.17, 15) is 4.79 Å². The number of amides is 1. The summed E-state index contributed by atoms with van der Waals surface area (Å²) in [6.07, 6.45) is 0.358. The first kappa shape index (κ1) is 24.1. The minimum atomic E-state index is -0.00284. The van der Waals surface area contributed by atoms with E-state index in [4.69, 9.17) is 9.47 Å². The second-order valence-corrected chi connectivity index (χ2v) is 9.54. The molecule has 0 radical (unpaired) electrons. The van der Waals surface area contributed by atoms with Crippen molar-refractivity contribution < 1.29 is 14.3 Å². The van der Waals surface area contributed by atoms with Crippen LogP contribution < -0.4 is 19.7 Å². The van der Waals surface area contributed by atoms with Crippen molar-refractivity contribution in [3.8, 4) is 11.5 Å². The van der Waals surface area contributed by atoms with E-state index in [1.165, 1.54) is 10.6 Å². The maximum atomic E-state index is 12.8. The fourth-order valence-electron chi connectivity index (χ4n) is 4.57. The Morgan fingerprint density at radius 2 is 1.56 bits per heavy atom. The third kappa shape index (κ3) is 5.90. The highest BCUT2D eigenvalue weighted by atomic mass is 32.1. The number of rotatable bonds is 9. The van der Waals surface area contributed by atoms with E-state index < -0.39 is 0 Å². The van der Waals surface area contributed by atoms with E-state index >= 15 is 0 Å². The van der Waals surface area contributed by atoms with Crippen LogP contribution in [0.25, 0.3) is 0 Å². The summed E-state index contributed by atoms with van der Waals surface area (Å²) in [5.74, 6) is 1.71. The van der Waals surface area contributed by atoms with Gasteiger partial charge in [-0.05, 0) is 60.3 Å². The monoisotopic (exact) mass is 479 g/mol. The highest BCUT2D eigenvalue weighted by molar-refractivity contribution is 7.10. The first-order valence-corrected chi connectivity index (χ1v) is 12.5. The average molecular weight is 480 g/mol. The number of nitrogens with zero attached hydrogens (tertiary/aromatic N) is 2. The largest absolute Gasteiger partial charge is 0.497 e. The van der Waals surface area contributed by atoms with Crippen molar-refractivity contribution in [2.24, 2.45) is 0 Å². The number of methoxy groups -OCH3 is 2. The van der Waals surface area contributed by atoms with Crippen molar-refractivity contribution in [3.05, 3.63) is 76.5 Å². The number of carbonyl (C=O) groups excluding carboxylic acids is 1. The molecule has 1 saturated heterocycles. The molecule has 34 heavy (non-hydrogen) atoms. The van der Waals surface area contributed by atoms with E-state index in [-0.39, 0.29) is 18.0 Å². The van der Waals surface area contributed by atoms with Gasteiger partial charge >= 0.3 is 0 Å². The topological polar surface area (TPSA) is 54.0 Å². The van der Waals surface area contributed by atoms with Crippen LogP contribution >= 0.6 is 11.3 Å². The van der Waals surface area contributed by atoms with Crippen molar-refractivity contribution in [3.63, 3.8) is 0 Å². The molecule has 6 nitrogen and oxygen atoms in total. The number of nitrogens with one attached hydrogen (secondary N) is 1. The SMILES string of the molecule is COc1ccc(CC(=O)N[C@@H](C)[C@@H](c2cccs2)N2CCN(c3ccc(OC)cc3)CC2)cc1. The lowest BCUT2D eigenvalue weighted by Gasteiger charge is -2.42. The number of ether oxygens (including phenoxy) is 2. The maximum absolute atomic E-state index is 12.8. The molecule has 2 atom stereocenters. The van der Waals surface area contributed by atoms with Crippen molar-refractivity contribution in [1.82, 2.24) is 10.2 Å². The minimum absolute atomic E-state index is 0.00284. The zero-order valence-electron chi connectivity index (χ0n) is 20.1. The number of piperazine rings is 1. The number of anilines is 1. The van der Waals surface area contributed by atoms with Crippen LogP contribution in [0.3, 0.4) is 0 Å². The van der Waals surface area contributed by atoms with Crippen LogP contribution in [0.4, 0.5) is 5.69 Å². The summed E-state index contributed by atoms with van der Waals surface area (Å²) in [5.41, 5.74) is 2.19. The molecule has 3 aromatic rings. The highest BCUT2D eigenvalue weighted by Crippen LogP contribution is 2.30. The Hall–Kier alpha value is -3.03. The predicted octanol–water partition coefficient (Wildman–Crippen LogP) is 4.38. The van der Waals surface area contributed by atoms with Crippen LogP contribution in [0.15, 0.2) is 66.0 Å². The van der Waals surface area contributed by atoms with Crippen LogP contribution in [-0.2, 0) is 11.2 Å². The predicted molar refractivity (Wildman–Crippen MR) is 138 cm³/mol. The van der Waals surface area contributed by atoms with Crippen LogP contribution in [-0.4, -0.2) is 57.2 Å². The molecule has 0 aliphatic carbocycles. The van der Waals surface area contributed by atoms with Gasteiger partial charge in [0.25, 0.3) is 0 Å². The summed E-state index contributed by atoms with van der Waals surface area (Å²) in [6.45, 7) is 5.88. The highest BCUT2D eigenvalue weighted by Gasteiger charge is 2.31. The number of hydrogen-bond donors (Lipinski definition) is 1. The maximum Gasteiger partial charge on any atom is 0.224 e. The van der Waals surface area contributed by atoms with Gasteiger partial charge in [-0.2, -0.15) is 0 Å². The summed E-state index contributed by atoms with van der Waals surface area (Å²) in [4.78, 5) is 19.0. The molecular weight excluding hydrogens is 446 g/mol. The Balaban J connectivity index is 1.39. The quantitative estimate of drug-likeness (QED) is 0.494. The molecule has 2 heterocycles. The number of thiophene rings is 1. The molecule has 1 aliphatic heterocycles. The molecule has 1 aliphatic rings. The summed E-state index contributed by atoms with van der Waals surface area (Å²) < 4.78 is 10.5. The lowest BCUT2D eigenvalue weighted by Crippen LogP contribution is -2.52. The minimum Gasteiger partial charge on any atom is -0.497 e. The molecule has 7 heteroatoms. The standard InChI is InChI=1S/C27H33N3O3S/c1-20(28-26(31)19-21-6-10-23(32-2)11-7-21)27(25-5-4-18-34-25)30-16-14-29(15-17-30)22-8-12-24(33-3)13-9-22/h4-13,18,20,27H,14-17,19H2,1-3H3,(H,28,31)/t20-,27-/m0/s1. The second-order valence-electron chi connectivity index (χ2n) is 8.56. The molecular formula is C27H33N3O3S. The molecule has 180 valence electrons. The molecule has 0 spiro atoms. The molecule has 0 saturated carbocycles. The fraction of sp³-hybridized carbons (Fsp3) is 0.370. The summed E-state index contributed by atoms with van der Waals surface area (Å²) >= 11 is 1.76. The van der Waals surface area contributed by atoms with Gasteiger partial charge in [-0.3, -0.25) is 9.69 Å². The van der Waals surface area contributed by atoms with Crippen LogP contribution in [0.2, 0.25) is 0 Å². The Morgan fingerprint density at radius 1 is 0.941 bits per heavy atom. The fourth-order valence-corrected chi connectivity index (χ4v) is 5.53. The van der Waals surface area contributed by atoms with Gasteiger partial charge < -0.3 is 19.7 Å². The van der Waals surface area contributed by atoms with Gasteiger partial charge in [-0.15, -0.1) is 11.3 Å². The third-order valence-electron chi connectivity index (χ3n) is 6.37. The Kier molecular flexibility index (Phi) is 8.08. The van der Waals surface area contributed by atoms with E-state index in [1.807, 2.05) is 36.4 Å². The van der Waals surface area contributed by atoms with E-state index in [0.29, 0.717) is 6.42 Å². The zero-order chi connectivity index (χ0) is 23.9. The van der Waals surface area contributed by atoms with Gasteiger partial charge in [0, 0.05) is 42.8 Å². The first-order valence-electron chi connectivity index (χ1n) is 11.7. The van der Waals surface area contributed by atoms with Gasteiger partial charge in [0.2, 0.25) is 5.91 Å². The van der Waals surface area contributed by atoms with Crippen molar-refractivity contribution in [1.29, 1.82) is 0 Å². The normalized spacial score (nSPS) is 16.0. The molecule has 1 N–H and O–H groups in total. The molecule has 1 aromatic heterocycles. The van der Waals surface area contributed by atoms with Crippen LogP contribution in [0.5, 0.6) is 11.5 Å². The Bertz CT molecular complexity index is 1030. The lowest BCUT2D eigenvalue weighted by molar-refractivity contribution is -0.121. The van der Waals surface area contributed by atoms with Gasteiger partial charge in [-0.25, -0.2) is 0 Å². The molecule has 0 unspecified atom stereocenters. The molecule has 1 fully saturated rings. The summed E-state index contributed by atoms with van der Waals surface area (Å²) in [5, 5.41) is 5.38. The lowest BCUT2D eigenvalue weighted by atomic mass is 10.0. The van der Waals surface area contributed by atoms with Gasteiger partial charge in [0.15, 0.2) is 0 Å². The Morgan fingerprint density at radius 3 is 2.12 bits per heavy atom. The summed E-state index contributed by atoms with van der Waals surface area (Å²) in [7, 11) is 3.33. The second kappa shape index (κ2) is 11.4. The van der Waals surface area contributed by atoms with E-state index in [2.05, 4.69) is 51.7 Å². The van der Waals surface area contributed by atoms with Gasteiger partial charge in [0.1, 0.15) is 11.5 Å². The van der Waals surface area contributed by atoms with Crippen molar-refractivity contribution in [2.75, 3.05) is 45.3 Å².